The molecule has 0 spiro atoms. The molecule has 0 saturated carbocycles. The third kappa shape index (κ3) is 2.34. The van der Waals surface area contributed by atoms with Gasteiger partial charge in [0.1, 0.15) is 5.75 Å². The number of benzene rings is 1. The molecule has 0 radical (unpaired) electrons. The van der Waals surface area contributed by atoms with Gasteiger partial charge in [0.25, 0.3) is 0 Å². The fourth-order valence-electron chi connectivity index (χ4n) is 1.73. The lowest BCUT2D eigenvalue weighted by atomic mass is 9.95. The smallest absolute Gasteiger partial charge is 0.122 e. The molecule has 0 aliphatic rings. The van der Waals surface area contributed by atoms with Gasteiger partial charge in [0.05, 0.1) is 0 Å². The molecular weight excluding hydrogens is 254 g/mol. The first-order valence-electron chi connectivity index (χ1n) is 5.09. The minimum atomic E-state index is 0.0589. The number of halogens is 1. The number of rotatable bonds is 2. The van der Waals surface area contributed by atoms with Crippen LogP contribution in [0.3, 0.4) is 0 Å². The van der Waals surface area contributed by atoms with Crippen LogP contribution in [-0.2, 0) is 6.42 Å². The molecule has 0 saturated heterocycles. The summed E-state index contributed by atoms with van der Waals surface area (Å²) >= 11 is 3.55. The maximum absolute atomic E-state index is 10.1. The molecule has 1 rings (SSSR count). The first-order chi connectivity index (χ1) is 6.86. The van der Waals surface area contributed by atoms with Crippen molar-refractivity contribution in [3.8, 4) is 5.75 Å². The van der Waals surface area contributed by atoms with Crippen molar-refractivity contribution in [2.24, 2.45) is 5.73 Å². The van der Waals surface area contributed by atoms with Crippen LogP contribution in [0.5, 0.6) is 5.75 Å². The Morgan fingerprint density at radius 2 is 1.73 bits per heavy atom. The highest BCUT2D eigenvalue weighted by Crippen LogP contribution is 2.35. The van der Waals surface area contributed by atoms with Gasteiger partial charge in [0.15, 0.2) is 0 Å². The number of hydrogen-bond donors (Lipinski definition) is 2. The topological polar surface area (TPSA) is 46.2 Å². The lowest BCUT2D eigenvalue weighted by Gasteiger charge is -2.17. The van der Waals surface area contributed by atoms with E-state index in [1.165, 1.54) is 0 Å². The third-order valence-corrected chi connectivity index (χ3v) is 4.03. The van der Waals surface area contributed by atoms with Crippen LogP contribution in [-0.4, -0.2) is 11.1 Å². The lowest BCUT2D eigenvalue weighted by Crippen LogP contribution is -2.19. The second kappa shape index (κ2) is 4.54. The SMILES string of the molecule is Cc1c(C)c(Br)c(C)c(CC(C)N)c1O. The van der Waals surface area contributed by atoms with Gasteiger partial charge < -0.3 is 10.8 Å². The summed E-state index contributed by atoms with van der Waals surface area (Å²) in [5, 5.41) is 10.1. The molecular formula is C12H18BrNO. The number of nitrogens with two attached hydrogens (primary N) is 1. The molecule has 3 heteroatoms. The van der Waals surface area contributed by atoms with Crippen molar-refractivity contribution in [2.75, 3.05) is 0 Å². The number of hydrogen-bond acceptors (Lipinski definition) is 2. The summed E-state index contributed by atoms with van der Waals surface area (Å²) in [5.41, 5.74) is 9.85. The number of phenols is 1. The molecule has 0 aliphatic heterocycles. The van der Waals surface area contributed by atoms with Crippen LogP contribution < -0.4 is 5.73 Å². The standard InChI is InChI=1S/C12H18BrNO/c1-6(14)5-10-9(4)11(13)7(2)8(3)12(10)15/h6,15H,5,14H2,1-4H3. The van der Waals surface area contributed by atoms with Gasteiger partial charge >= 0.3 is 0 Å². The fraction of sp³-hybridized carbons (Fsp3) is 0.500. The Balaban J connectivity index is 3.39. The minimum Gasteiger partial charge on any atom is -0.507 e. The molecule has 1 unspecified atom stereocenters. The Labute approximate surface area is 99.6 Å². The van der Waals surface area contributed by atoms with Crippen molar-refractivity contribution < 1.29 is 5.11 Å². The van der Waals surface area contributed by atoms with E-state index in [2.05, 4.69) is 15.9 Å². The number of aromatic hydroxyl groups is 1. The Morgan fingerprint density at radius 3 is 2.20 bits per heavy atom. The predicted molar refractivity (Wildman–Crippen MR) is 67.4 cm³/mol. The first-order valence-corrected chi connectivity index (χ1v) is 5.88. The van der Waals surface area contributed by atoms with Gasteiger partial charge in [-0.25, -0.2) is 0 Å². The molecule has 0 aliphatic carbocycles. The van der Waals surface area contributed by atoms with E-state index in [4.69, 9.17) is 5.73 Å². The van der Waals surface area contributed by atoms with Gasteiger partial charge in [-0.2, -0.15) is 0 Å². The Hall–Kier alpha value is -0.540. The van der Waals surface area contributed by atoms with Crippen LogP contribution in [0.2, 0.25) is 0 Å². The van der Waals surface area contributed by atoms with Gasteiger partial charge in [-0.15, -0.1) is 0 Å². The van der Waals surface area contributed by atoms with Crippen LogP contribution in [0.1, 0.15) is 29.2 Å². The second-order valence-corrected chi connectivity index (χ2v) is 4.99. The average molecular weight is 272 g/mol. The van der Waals surface area contributed by atoms with Crippen LogP contribution >= 0.6 is 15.9 Å². The molecule has 1 atom stereocenters. The Bertz CT molecular complexity index is 357. The zero-order valence-electron chi connectivity index (χ0n) is 9.69. The highest BCUT2D eigenvalue weighted by molar-refractivity contribution is 9.10. The summed E-state index contributed by atoms with van der Waals surface area (Å²) in [6, 6.07) is 0.0589. The molecule has 84 valence electrons. The molecule has 0 aromatic heterocycles. The molecule has 3 N–H and O–H groups in total. The fourth-order valence-corrected chi connectivity index (χ4v) is 2.27. The van der Waals surface area contributed by atoms with Crippen molar-refractivity contribution in [1.82, 2.24) is 0 Å². The predicted octanol–water partition coefficient (Wildman–Crippen LogP) is 2.97. The monoisotopic (exact) mass is 271 g/mol. The van der Waals surface area contributed by atoms with Crippen molar-refractivity contribution >= 4 is 15.9 Å². The van der Waals surface area contributed by atoms with E-state index >= 15 is 0 Å². The summed E-state index contributed by atoms with van der Waals surface area (Å²) in [7, 11) is 0. The van der Waals surface area contributed by atoms with Crippen LogP contribution in [0.4, 0.5) is 0 Å². The third-order valence-electron chi connectivity index (χ3n) is 2.84. The van der Waals surface area contributed by atoms with E-state index in [1.807, 2.05) is 27.7 Å². The summed E-state index contributed by atoms with van der Waals surface area (Å²) in [6.07, 6.45) is 0.706. The summed E-state index contributed by atoms with van der Waals surface area (Å²) in [6.45, 7) is 7.89. The molecule has 15 heavy (non-hydrogen) atoms. The molecule has 0 heterocycles. The maximum atomic E-state index is 10.1. The van der Waals surface area contributed by atoms with Gasteiger partial charge in [-0.1, -0.05) is 15.9 Å². The number of phenolic OH excluding ortho intramolecular Hbond substituents is 1. The molecule has 0 fully saturated rings. The van der Waals surface area contributed by atoms with E-state index in [-0.39, 0.29) is 6.04 Å². The highest BCUT2D eigenvalue weighted by Gasteiger charge is 2.15. The van der Waals surface area contributed by atoms with Crippen molar-refractivity contribution in [3.63, 3.8) is 0 Å². The molecule has 0 bridgehead atoms. The largest absolute Gasteiger partial charge is 0.507 e. The normalized spacial score (nSPS) is 12.9. The minimum absolute atomic E-state index is 0.0589. The van der Waals surface area contributed by atoms with E-state index in [0.717, 1.165) is 26.7 Å². The molecule has 0 amide bonds. The van der Waals surface area contributed by atoms with Crippen molar-refractivity contribution in [3.05, 3.63) is 26.7 Å². The average Bonchev–Trinajstić information content (AvgIpc) is 2.18. The summed E-state index contributed by atoms with van der Waals surface area (Å²) in [5.74, 6) is 0.394. The van der Waals surface area contributed by atoms with Crippen LogP contribution in [0.15, 0.2) is 4.47 Å². The zero-order valence-corrected chi connectivity index (χ0v) is 11.3. The molecule has 2 nitrogen and oxygen atoms in total. The van der Waals surface area contributed by atoms with Gasteiger partial charge in [-0.05, 0) is 56.4 Å². The van der Waals surface area contributed by atoms with E-state index in [9.17, 15) is 5.11 Å². The summed E-state index contributed by atoms with van der Waals surface area (Å²) in [4.78, 5) is 0. The van der Waals surface area contributed by atoms with Gasteiger partial charge in [-0.3, -0.25) is 0 Å². The van der Waals surface area contributed by atoms with E-state index in [0.29, 0.717) is 12.2 Å². The van der Waals surface area contributed by atoms with Crippen LogP contribution in [0, 0.1) is 20.8 Å². The van der Waals surface area contributed by atoms with E-state index in [1.54, 1.807) is 0 Å². The Morgan fingerprint density at radius 1 is 1.20 bits per heavy atom. The van der Waals surface area contributed by atoms with Gasteiger partial charge in [0.2, 0.25) is 0 Å². The second-order valence-electron chi connectivity index (χ2n) is 4.20. The van der Waals surface area contributed by atoms with Crippen molar-refractivity contribution in [1.29, 1.82) is 0 Å². The van der Waals surface area contributed by atoms with Crippen LogP contribution in [0.25, 0.3) is 0 Å². The molecule has 1 aromatic rings. The quantitative estimate of drug-likeness (QED) is 0.869. The van der Waals surface area contributed by atoms with E-state index < -0.39 is 0 Å². The highest BCUT2D eigenvalue weighted by atomic mass is 79.9. The first kappa shape index (κ1) is 12.5. The molecule has 1 aromatic carbocycles. The van der Waals surface area contributed by atoms with Gasteiger partial charge in [0, 0.05) is 10.5 Å². The maximum Gasteiger partial charge on any atom is 0.122 e. The van der Waals surface area contributed by atoms with Crippen molar-refractivity contribution in [2.45, 2.75) is 40.2 Å². The zero-order chi connectivity index (χ0) is 11.7. The lowest BCUT2D eigenvalue weighted by molar-refractivity contribution is 0.460. The Kier molecular flexibility index (Phi) is 3.79. The summed E-state index contributed by atoms with van der Waals surface area (Å²) < 4.78 is 1.08.